The molecule has 1 aliphatic carbocycles. The van der Waals surface area contributed by atoms with Crippen LogP contribution in [-0.2, 0) is 0 Å². The molecule has 0 fully saturated rings. The van der Waals surface area contributed by atoms with Gasteiger partial charge in [0.15, 0.2) is 0 Å². The first-order valence-electron chi connectivity index (χ1n) is 2.26. The van der Waals surface area contributed by atoms with Crippen LogP contribution in [0.25, 0.3) is 0 Å². The van der Waals surface area contributed by atoms with Crippen molar-refractivity contribution >= 4 is 0 Å². The van der Waals surface area contributed by atoms with Crippen molar-refractivity contribution in [2.75, 3.05) is 13.6 Å². The summed E-state index contributed by atoms with van der Waals surface area (Å²) >= 11 is 0. The molecule has 1 heteroatoms. The molecular formula is C5H9N. The van der Waals surface area contributed by atoms with Gasteiger partial charge in [-0.15, -0.1) is 0 Å². The number of allylic oxidation sites excluding steroid dienone is 1. The van der Waals surface area contributed by atoms with Crippen LogP contribution in [0.5, 0.6) is 0 Å². The fraction of sp³-hybridized carbons (Fsp3) is 0.600. The molecule has 0 saturated carbocycles. The Kier molecular flexibility index (Phi) is 0.926. The van der Waals surface area contributed by atoms with E-state index in [0.29, 0.717) is 0 Å². The highest BCUT2D eigenvalue weighted by molar-refractivity contribution is 5.22. The van der Waals surface area contributed by atoms with Gasteiger partial charge in [0, 0.05) is 6.54 Å². The van der Waals surface area contributed by atoms with Gasteiger partial charge < -0.3 is 5.32 Å². The Hall–Kier alpha value is -0.300. The van der Waals surface area contributed by atoms with Gasteiger partial charge in [0.2, 0.25) is 0 Å². The molecule has 0 aliphatic heterocycles. The molecule has 0 aromatic heterocycles. The van der Waals surface area contributed by atoms with Crippen molar-refractivity contribution in [1.82, 2.24) is 5.32 Å². The van der Waals surface area contributed by atoms with E-state index < -0.39 is 0 Å². The predicted octanol–water partition coefficient (Wildman–Crippen LogP) is 0.536. The molecule has 0 saturated heterocycles. The third kappa shape index (κ3) is 0.830. The summed E-state index contributed by atoms with van der Waals surface area (Å²) < 4.78 is 0. The van der Waals surface area contributed by atoms with Crippen LogP contribution in [0, 0.1) is 0 Å². The van der Waals surface area contributed by atoms with Crippen LogP contribution in [0.1, 0.15) is 6.42 Å². The number of hydrogen-bond donors (Lipinski definition) is 1. The van der Waals surface area contributed by atoms with Crippen molar-refractivity contribution in [2.24, 2.45) is 0 Å². The highest BCUT2D eigenvalue weighted by Gasteiger charge is 2.02. The number of nitrogens with one attached hydrogen (secondary N) is 1. The first kappa shape index (κ1) is 3.88. The number of hydrogen-bond acceptors (Lipinski definition) is 1. The van der Waals surface area contributed by atoms with Crippen molar-refractivity contribution in [2.45, 2.75) is 6.42 Å². The molecule has 0 bridgehead atoms. The molecular weight excluding hydrogens is 74.1 g/mol. The highest BCUT2D eigenvalue weighted by Crippen LogP contribution is 2.15. The third-order valence-electron chi connectivity index (χ3n) is 0.897. The lowest BCUT2D eigenvalue weighted by Crippen LogP contribution is -2.05. The fourth-order valence-electron chi connectivity index (χ4n) is 0.444. The van der Waals surface area contributed by atoms with E-state index in [2.05, 4.69) is 11.4 Å². The van der Waals surface area contributed by atoms with E-state index in [1.807, 2.05) is 7.05 Å². The summed E-state index contributed by atoms with van der Waals surface area (Å²) in [4.78, 5) is 0. The lowest BCUT2D eigenvalue weighted by molar-refractivity contribution is 0.897. The highest BCUT2D eigenvalue weighted by atomic mass is 14.8. The fourth-order valence-corrected chi connectivity index (χ4v) is 0.444. The maximum atomic E-state index is 3.06. The summed E-state index contributed by atoms with van der Waals surface area (Å²) in [6.07, 6.45) is 3.48. The van der Waals surface area contributed by atoms with Gasteiger partial charge in [0.05, 0.1) is 0 Å². The minimum atomic E-state index is 1.10. The molecule has 1 N–H and O–H groups in total. The summed E-state index contributed by atoms with van der Waals surface area (Å²) in [7, 11) is 1.97. The van der Waals surface area contributed by atoms with Gasteiger partial charge in [-0.05, 0) is 13.5 Å². The summed E-state index contributed by atoms with van der Waals surface area (Å²) in [5.41, 5.74) is 1.55. The van der Waals surface area contributed by atoms with Crippen molar-refractivity contribution in [3.05, 3.63) is 11.6 Å². The van der Waals surface area contributed by atoms with Crippen LogP contribution >= 0.6 is 0 Å². The van der Waals surface area contributed by atoms with Crippen LogP contribution in [0.2, 0.25) is 0 Å². The first-order valence-corrected chi connectivity index (χ1v) is 2.26. The number of rotatable bonds is 2. The van der Waals surface area contributed by atoms with E-state index in [-0.39, 0.29) is 0 Å². The molecule has 0 aromatic carbocycles. The topological polar surface area (TPSA) is 12.0 Å². The maximum Gasteiger partial charge on any atom is 0.0164 e. The van der Waals surface area contributed by atoms with Crippen molar-refractivity contribution < 1.29 is 0 Å². The molecule has 0 unspecified atom stereocenters. The minimum Gasteiger partial charge on any atom is -0.316 e. The SMILES string of the molecule is CNCC1=CC1. The second-order valence-electron chi connectivity index (χ2n) is 1.60. The monoisotopic (exact) mass is 83.1 g/mol. The smallest absolute Gasteiger partial charge is 0.0164 e. The average Bonchev–Trinajstić information content (AvgIpc) is 2.21. The molecule has 34 valence electrons. The van der Waals surface area contributed by atoms with Gasteiger partial charge in [0.1, 0.15) is 0 Å². The summed E-state index contributed by atoms with van der Waals surface area (Å²) in [5, 5.41) is 3.06. The van der Waals surface area contributed by atoms with Crippen LogP contribution in [0.15, 0.2) is 11.6 Å². The van der Waals surface area contributed by atoms with Crippen molar-refractivity contribution in [3.63, 3.8) is 0 Å². The second-order valence-corrected chi connectivity index (χ2v) is 1.60. The lowest BCUT2D eigenvalue weighted by Gasteiger charge is -1.84. The molecule has 0 spiro atoms. The molecule has 0 atom stereocenters. The molecule has 0 amide bonds. The Morgan fingerprint density at radius 1 is 2.00 bits per heavy atom. The van der Waals surface area contributed by atoms with E-state index in [9.17, 15) is 0 Å². The third-order valence-corrected chi connectivity index (χ3v) is 0.897. The van der Waals surface area contributed by atoms with E-state index in [0.717, 1.165) is 6.54 Å². The van der Waals surface area contributed by atoms with Crippen LogP contribution in [0.3, 0.4) is 0 Å². The Morgan fingerprint density at radius 2 is 2.67 bits per heavy atom. The molecule has 6 heavy (non-hydrogen) atoms. The quantitative estimate of drug-likeness (QED) is 0.480. The van der Waals surface area contributed by atoms with Crippen LogP contribution in [0.4, 0.5) is 0 Å². The van der Waals surface area contributed by atoms with E-state index in [1.54, 1.807) is 5.57 Å². The molecule has 1 nitrogen and oxygen atoms in total. The van der Waals surface area contributed by atoms with Gasteiger partial charge >= 0.3 is 0 Å². The number of likely N-dealkylation sites (N-methyl/N-ethyl adjacent to an activating group) is 1. The van der Waals surface area contributed by atoms with Gasteiger partial charge in [0.25, 0.3) is 0 Å². The van der Waals surface area contributed by atoms with Gasteiger partial charge in [-0.1, -0.05) is 11.6 Å². The van der Waals surface area contributed by atoms with Gasteiger partial charge in [-0.2, -0.15) is 0 Å². The lowest BCUT2D eigenvalue weighted by atomic mass is 10.5. The van der Waals surface area contributed by atoms with Crippen molar-refractivity contribution in [3.8, 4) is 0 Å². The Bertz CT molecular complexity index is 74.0. The summed E-state index contributed by atoms with van der Waals surface area (Å²) in [6, 6.07) is 0. The standard InChI is InChI=1S/C5H9N/c1-6-4-5-2-3-5/h2,6H,3-4H2,1H3. The zero-order valence-corrected chi connectivity index (χ0v) is 3.99. The zero-order valence-electron chi connectivity index (χ0n) is 3.99. The average molecular weight is 83.1 g/mol. The molecule has 1 aliphatic rings. The van der Waals surface area contributed by atoms with Crippen molar-refractivity contribution in [1.29, 1.82) is 0 Å². The van der Waals surface area contributed by atoms with Crippen LogP contribution < -0.4 is 5.32 Å². The maximum absolute atomic E-state index is 3.06. The van der Waals surface area contributed by atoms with Gasteiger partial charge in [-0.25, -0.2) is 0 Å². The van der Waals surface area contributed by atoms with Crippen LogP contribution in [-0.4, -0.2) is 13.6 Å². The summed E-state index contributed by atoms with van der Waals surface area (Å²) in [6.45, 7) is 1.10. The largest absolute Gasteiger partial charge is 0.316 e. The second kappa shape index (κ2) is 1.43. The Morgan fingerprint density at radius 3 is 2.83 bits per heavy atom. The molecule has 0 radical (unpaired) electrons. The normalized spacial score (nSPS) is 17.2. The van der Waals surface area contributed by atoms with E-state index in [1.165, 1.54) is 6.42 Å². The van der Waals surface area contributed by atoms with E-state index in [4.69, 9.17) is 0 Å². The first-order chi connectivity index (χ1) is 2.93. The Labute approximate surface area is 38.1 Å². The summed E-state index contributed by atoms with van der Waals surface area (Å²) in [5.74, 6) is 0. The Balaban J connectivity index is 2.02. The van der Waals surface area contributed by atoms with Gasteiger partial charge in [-0.3, -0.25) is 0 Å². The molecule has 1 rings (SSSR count). The minimum absolute atomic E-state index is 1.10. The predicted molar refractivity (Wildman–Crippen MR) is 26.6 cm³/mol. The molecule has 0 heterocycles. The molecule has 0 aromatic rings. The van der Waals surface area contributed by atoms with E-state index >= 15 is 0 Å². The zero-order chi connectivity index (χ0) is 4.41.